The molecular weight excluding hydrogens is 238 g/mol. The van der Waals surface area contributed by atoms with E-state index in [1.165, 1.54) is 16.7 Å². The van der Waals surface area contributed by atoms with Crippen LogP contribution < -0.4 is 5.32 Å². The molecule has 0 aliphatic carbocycles. The van der Waals surface area contributed by atoms with Crippen molar-refractivity contribution in [1.29, 1.82) is 0 Å². The largest absolute Gasteiger partial charge is 0.381 e. The Balaban J connectivity index is 2.23. The molecular formula is C16H21NO2. The molecule has 0 radical (unpaired) electrons. The molecule has 3 heteroatoms. The van der Waals surface area contributed by atoms with E-state index in [1.54, 1.807) is 0 Å². The van der Waals surface area contributed by atoms with Crippen LogP contribution in [0, 0.1) is 0 Å². The fraction of sp³-hybridized carbons (Fsp3) is 0.438. The number of rotatable bonds is 6. The summed E-state index contributed by atoms with van der Waals surface area (Å²) in [6, 6.07) is 6.57. The summed E-state index contributed by atoms with van der Waals surface area (Å²) < 4.78 is 5.46. The van der Waals surface area contributed by atoms with Gasteiger partial charge in [-0.3, -0.25) is 0 Å². The molecule has 1 aliphatic rings. The topological polar surface area (TPSA) is 38.3 Å². The minimum absolute atomic E-state index is 0.316. The van der Waals surface area contributed by atoms with Gasteiger partial charge in [-0.25, -0.2) is 0 Å². The van der Waals surface area contributed by atoms with Gasteiger partial charge >= 0.3 is 0 Å². The van der Waals surface area contributed by atoms with Gasteiger partial charge in [0.1, 0.15) is 6.29 Å². The zero-order valence-corrected chi connectivity index (χ0v) is 11.6. The number of hydrogen-bond donors (Lipinski definition) is 1. The summed E-state index contributed by atoms with van der Waals surface area (Å²) in [5.74, 6) is 0.316. The Hall–Kier alpha value is -1.61. The van der Waals surface area contributed by atoms with Crippen molar-refractivity contribution in [2.75, 3.05) is 6.54 Å². The van der Waals surface area contributed by atoms with Crippen molar-refractivity contribution in [3.05, 3.63) is 46.7 Å². The predicted octanol–water partition coefficient (Wildman–Crippen LogP) is 2.90. The molecule has 0 aromatic heterocycles. The SMILES string of the molecule is C/C=C(\NCC=O)C(CC)c1ccc2c(c1)COC2. The Morgan fingerprint density at radius 2 is 2.21 bits per heavy atom. The number of carbonyl (C=O) groups excluding carboxylic acids is 1. The summed E-state index contributed by atoms with van der Waals surface area (Å²) in [6.45, 7) is 5.98. The predicted molar refractivity (Wildman–Crippen MR) is 75.8 cm³/mol. The number of benzene rings is 1. The quantitative estimate of drug-likeness (QED) is 0.798. The fourth-order valence-corrected chi connectivity index (χ4v) is 2.63. The van der Waals surface area contributed by atoms with Crippen LogP contribution in [0.4, 0.5) is 0 Å². The number of nitrogens with one attached hydrogen (secondary N) is 1. The first kappa shape index (κ1) is 13.8. The third-order valence-electron chi connectivity index (χ3n) is 3.63. The highest BCUT2D eigenvalue weighted by Crippen LogP contribution is 2.30. The van der Waals surface area contributed by atoms with Crippen LogP contribution in [-0.4, -0.2) is 12.8 Å². The molecule has 19 heavy (non-hydrogen) atoms. The van der Waals surface area contributed by atoms with E-state index >= 15 is 0 Å². The molecule has 0 amide bonds. The van der Waals surface area contributed by atoms with E-state index in [4.69, 9.17) is 4.74 Å². The average Bonchev–Trinajstić information content (AvgIpc) is 2.90. The summed E-state index contributed by atoms with van der Waals surface area (Å²) in [5.41, 5.74) is 5.00. The molecule has 0 bridgehead atoms. The van der Waals surface area contributed by atoms with E-state index in [2.05, 4.69) is 36.5 Å². The molecule has 1 unspecified atom stereocenters. The Morgan fingerprint density at radius 3 is 2.89 bits per heavy atom. The number of ether oxygens (including phenoxy) is 1. The average molecular weight is 259 g/mol. The van der Waals surface area contributed by atoms with E-state index < -0.39 is 0 Å². The third kappa shape index (κ3) is 3.04. The highest BCUT2D eigenvalue weighted by atomic mass is 16.5. The maximum Gasteiger partial charge on any atom is 0.139 e. The second kappa shape index (κ2) is 6.53. The van der Waals surface area contributed by atoms with Crippen LogP contribution in [0.15, 0.2) is 30.0 Å². The number of allylic oxidation sites excluding steroid dienone is 2. The maximum atomic E-state index is 10.5. The molecule has 2 rings (SSSR count). The summed E-state index contributed by atoms with van der Waals surface area (Å²) in [5, 5.41) is 3.20. The molecule has 1 N–H and O–H groups in total. The first-order valence-electron chi connectivity index (χ1n) is 6.83. The van der Waals surface area contributed by atoms with Crippen molar-refractivity contribution < 1.29 is 9.53 Å². The summed E-state index contributed by atoms with van der Waals surface area (Å²) >= 11 is 0. The smallest absolute Gasteiger partial charge is 0.139 e. The lowest BCUT2D eigenvalue weighted by Gasteiger charge is -2.20. The summed E-state index contributed by atoms with van der Waals surface area (Å²) in [7, 11) is 0. The van der Waals surface area contributed by atoms with Crippen molar-refractivity contribution in [3.63, 3.8) is 0 Å². The molecule has 0 spiro atoms. The van der Waals surface area contributed by atoms with Crippen LogP contribution in [0.3, 0.4) is 0 Å². The zero-order valence-electron chi connectivity index (χ0n) is 11.6. The lowest BCUT2D eigenvalue weighted by Crippen LogP contribution is -2.21. The van der Waals surface area contributed by atoms with Crippen LogP contribution in [-0.2, 0) is 22.7 Å². The molecule has 1 aromatic rings. The minimum Gasteiger partial charge on any atom is -0.381 e. The van der Waals surface area contributed by atoms with Gasteiger partial charge in [0.15, 0.2) is 0 Å². The Kier molecular flexibility index (Phi) is 4.74. The highest BCUT2D eigenvalue weighted by Gasteiger charge is 2.17. The van der Waals surface area contributed by atoms with E-state index in [9.17, 15) is 4.79 Å². The van der Waals surface area contributed by atoms with E-state index in [0.29, 0.717) is 19.1 Å². The number of fused-ring (bicyclic) bond motifs is 1. The van der Waals surface area contributed by atoms with E-state index in [-0.39, 0.29) is 0 Å². The molecule has 102 valence electrons. The lowest BCUT2D eigenvalue weighted by atomic mass is 9.90. The number of carbonyl (C=O) groups is 1. The molecule has 1 aliphatic heterocycles. The lowest BCUT2D eigenvalue weighted by molar-refractivity contribution is -0.107. The van der Waals surface area contributed by atoms with Gasteiger partial charge in [0.25, 0.3) is 0 Å². The van der Waals surface area contributed by atoms with E-state index in [0.717, 1.165) is 25.0 Å². The monoisotopic (exact) mass is 259 g/mol. The molecule has 0 fully saturated rings. The normalized spacial score (nSPS) is 16.0. The van der Waals surface area contributed by atoms with Crippen LogP contribution >= 0.6 is 0 Å². The molecule has 0 saturated carbocycles. The van der Waals surface area contributed by atoms with Crippen LogP contribution in [0.1, 0.15) is 42.9 Å². The van der Waals surface area contributed by atoms with Crippen molar-refractivity contribution >= 4 is 6.29 Å². The second-order valence-electron chi connectivity index (χ2n) is 4.77. The maximum absolute atomic E-state index is 10.5. The van der Waals surface area contributed by atoms with Gasteiger partial charge in [-0.15, -0.1) is 0 Å². The Morgan fingerprint density at radius 1 is 1.42 bits per heavy atom. The van der Waals surface area contributed by atoms with Crippen molar-refractivity contribution in [2.24, 2.45) is 0 Å². The van der Waals surface area contributed by atoms with Crippen LogP contribution in [0.2, 0.25) is 0 Å². The number of hydrogen-bond acceptors (Lipinski definition) is 3. The van der Waals surface area contributed by atoms with Crippen LogP contribution in [0.5, 0.6) is 0 Å². The molecule has 3 nitrogen and oxygen atoms in total. The third-order valence-corrected chi connectivity index (χ3v) is 3.63. The van der Waals surface area contributed by atoms with E-state index in [1.807, 2.05) is 6.92 Å². The van der Waals surface area contributed by atoms with Crippen molar-refractivity contribution in [1.82, 2.24) is 5.32 Å². The van der Waals surface area contributed by atoms with Crippen molar-refractivity contribution in [3.8, 4) is 0 Å². The van der Waals surface area contributed by atoms with Gasteiger partial charge in [-0.2, -0.15) is 0 Å². The molecule has 1 heterocycles. The standard InChI is InChI=1S/C16H21NO2/c1-3-15(16(4-2)17-7-8-18)12-5-6-13-10-19-11-14(13)9-12/h4-6,8-9,15,17H,3,7,10-11H2,1-2H3/b16-4-. The highest BCUT2D eigenvalue weighted by molar-refractivity contribution is 5.52. The summed E-state index contributed by atoms with van der Waals surface area (Å²) in [6.07, 6.45) is 3.96. The molecule has 1 aromatic carbocycles. The van der Waals surface area contributed by atoms with Crippen molar-refractivity contribution in [2.45, 2.75) is 39.4 Å². The first-order chi connectivity index (χ1) is 9.30. The first-order valence-corrected chi connectivity index (χ1v) is 6.83. The van der Waals surface area contributed by atoms with Crippen LogP contribution in [0.25, 0.3) is 0 Å². The fourth-order valence-electron chi connectivity index (χ4n) is 2.63. The van der Waals surface area contributed by atoms with Gasteiger partial charge < -0.3 is 14.8 Å². The molecule has 0 saturated heterocycles. The van der Waals surface area contributed by atoms with Gasteiger partial charge in [0, 0.05) is 11.6 Å². The van der Waals surface area contributed by atoms with Gasteiger partial charge in [-0.1, -0.05) is 31.2 Å². The Labute approximate surface area is 114 Å². The number of aldehydes is 1. The van der Waals surface area contributed by atoms with Gasteiger partial charge in [-0.05, 0) is 30.0 Å². The summed E-state index contributed by atoms with van der Waals surface area (Å²) in [4.78, 5) is 10.5. The van der Waals surface area contributed by atoms with Gasteiger partial charge in [0.05, 0.1) is 19.8 Å². The second-order valence-corrected chi connectivity index (χ2v) is 4.77. The molecule has 1 atom stereocenters. The minimum atomic E-state index is 0.316. The zero-order chi connectivity index (χ0) is 13.7. The van der Waals surface area contributed by atoms with Gasteiger partial charge in [0.2, 0.25) is 0 Å². The Bertz CT molecular complexity index is 480.